The van der Waals surface area contributed by atoms with Crippen molar-refractivity contribution in [3.63, 3.8) is 0 Å². The number of carbonyl (C=O) groups excluding carboxylic acids is 2. The van der Waals surface area contributed by atoms with Crippen molar-refractivity contribution in [2.45, 2.75) is 6.54 Å². The summed E-state index contributed by atoms with van der Waals surface area (Å²) in [6, 6.07) is 21.8. The first-order chi connectivity index (χ1) is 15.3. The lowest BCUT2D eigenvalue weighted by Crippen LogP contribution is -2.32. The van der Waals surface area contributed by atoms with Gasteiger partial charge in [0, 0.05) is 36.1 Å². The van der Waals surface area contributed by atoms with Crippen molar-refractivity contribution in [2.75, 3.05) is 24.3 Å². The maximum absolute atomic E-state index is 13.4. The zero-order valence-electron chi connectivity index (χ0n) is 17.6. The van der Waals surface area contributed by atoms with Crippen LogP contribution in [-0.4, -0.2) is 30.8 Å². The van der Waals surface area contributed by atoms with Crippen LogP contribution in [0.2, 0.25) is 10.0 Å². The van der Waals surface area contributed by atoms with E-state index in [4.69, 9.17) is 23.2 Å². The summed E-state index contributed by atoms with van der Waals surface area (Å²) in [6.45, 7) is 0.165. The topological polar surface area (TPSA) is 52.7 Å². The smallest absolute Gasteiger partial charge is 0.278 e. The van der Waals surface area contributed by atoms with Gasteiger partial charge in [-0.2, -0.15) is 0 Å². The van der Waals surface area contributed by atoms with Gasteiger partial charge in [-0.3, -0.25) is 14.5 Å². The molecule has 4 rings (SSSR count). The molecule has 32 heavy (non-hydrogen) atoms. The van der Waals surface area contributed by atoms with E-state index in [2.05, 4.69) is 5.32 Å². The number of hydrogen-bond donors (Lipinski definition) is 1. The van der Waals surface area contributed by atoms with Crippen LogP contribution < -0.4 is 10.2 Å². The predicted molar refractivity (Wildman–Crippen MR) is 130 cm³/mol. The zero-order valence-corrected chi connectivity index (χ0v) is 19.1. The van der Waals surface area contributed by atoms with Crippen LogP contribution in [0.25, 0.3) is 5.57 Å². The number of anilines is 2. The molecule has 7 heteroatoms. The Hall–Kier alpha value is -3.28. The Labute approximate surface area is 196 Å². The molecule has 0 radical (unpaired) electrons. The Balaban J connectivity index is 1.75. The highest BCUT2D eigenvalue weighted by Gasteiger charge is 2.40. The van der Waals surface area contributed by atoms with E-state index >= 15 is 0 Å². The molecule has 1 aliphatic rings. The summed E-state index contributed by atoms with van der Waals surface area (Å²) in [7, 11) is 3.90. The molecule has 0 saturated carbocycles. The van der Waals surface area contributed by atoms with Crippen LogP contribution in [0.5, 0.6) is 0 Å². The van der Waals surface area contributed by atoms with Gasteiger partial charge in [0.05, 0.1) is 17.1 Å². The van der Waals surface area contributed by atoms with Crippen LogP contribution in [0.1, 0.15) is 11.1 Å². The van der Waals surface area contributed by atoms with Crippen LogP contribution >= 0.6 is 23.2 Å². The average Bonchev–Trinajstić information content (AvgIpc) is 2.99. The maximum atomic E-state index is 13.4. The number of halogens is 2. The fourth-order valence-electron chi connectivity index (χ4n) is 3.53. The first-order valence-electron chi connectivity index (χ1n) is 9.99. The second-order valence-corrected chi connectivity index (χ2v) is 8.47. The number of benzene rings is 3. The van der Waals surface area contributed by atoms with Gasteiger partial charge in [0.15, 0.2) is 0 Å². The Kier molecular flexibility index (Phi) is 6.21. The normalized spacial score (nSPS) is 13.7. The van der Waals surface area contributed by atoms with Gasteiger partial charge in [-0.25, -0.2) is 0 Å². The molecule has 0 unspecified atom stereocenters. The minimum atomic E-state index is -0.407. The molecule has 2 amide bonds. The Bertz CT molecular complexity index is 1210. The number of nitrogens with zero attached hydrogens (tertiary/aromatic N) is 2. The highest BCUT2D eigenvalue weighted by molar-refractivity contribution is 6.41. The Morgan fingerprint density at radius 2 is 1.56 bits per heavy atom. The van der Waals surface area contributed by atoms with Gasteiger partial charge in [0.1, 0.15) is 5.70 Å². The third kappa shape index (κ3) is 4.35. The van der Waals surface area contributed by atoms with E-state index in [1.807, 2.05) is 73.6 Å². The number of amides is 2. The van der Waals surface area contributed by atoms with Gasteiger partial charge in [-0.1, -0.05) is 59.6 Å². The summed E-state index contributed by atoms with van der Waals surface area (Å²) >= 11 is 12.5. The molecule has 5 nitrogen and oxygen atoms in total. The van der Waals surface area contributed by atoms with Crippen molar-refractivity contribution < 1.29 is 9.59 Å². The predicted octanol–water partition coefficient (Wildman–Crippen LogP) is 5.45. The lowest BCUT2D eigenvalue weighted by molar-refractivity contribution is -0.137. The maximum Gasteiger partial charge on any atom is 0.278 e. The van der Waals surface area contributed by atoms with Gasteiger partial charge < -0.3 is 10.2 Å². The molecular weight excluding hydrogens is 445 g/mol. The summed E-state index contributed by atoms with van der Waals surface area (Å²) < 4.78 is 0. The minimum Gasteiger partial charge on any atom is -0.378 e. The van der Waals surface area contributed by atoms with E-state index in [9.17, 15) is 9.59 Å². The van der Waals surface area contributed by atoms with Crippen LogP contribution in [0.15, 0.2) is 78.5 Å². The molecule has 162 valence electrons. The minimum absolute atomic E-state index is 0.165. The fourth-order valence-corrected chi connectivity index (χ4v) is 4.03. The first kappa shape index (κ1) is 21.9. The van der Waals surface area contributed by atoms with Crippen LogP contribution in [-0.2, 0) is 16.1 Å². The molecule has 0 aromatic heterocycles. The number of rotatable bonds is 6. The molecule has 0 fully saturated rings. The zero-order chi connectivity index (χ0) is 22.8. The third-order valence-corrected chi connectivity index (χ3v) is 5.75. The second kappa shape index (κ2) is 9.07. The van der Waals surface area contributed by atoms with Gasteiger partial charge in [-0.05, 0) is 42.0 Å². The van der Waals surface area contributed by atoms with E-state index in [1.165, 1.54) is 4.90 Å². The monoisotopic (exact) mass is 465 g/mol. The van der Waals surface area contributed by atoms with Crippen LogP contribution in [0.4, 0.5) is 11.4 Å². The fraction of sp³-hybridized carbons (Fsp3) is 0.120. The Morgan fingerprint density at radius 3 is 2.19 bits per heavy atom. The summed E-state index contributed by atoms with van der Waals surface area (Å²) in [5.41, 5.74) is 3.43. The van der Waals surface area contributed by atoms with E-state index in [0.29, 0.717) is 21.3 Å². The van der Waals surface area contributed by atoms with Gasteiger partial charge in [-0.15, -0.1) is 0 Å². The summed E-state index contributed by atoms with van der Waals surface area (Å²) in [5, 5.41) is 3.90. The van der Waals surface area contributed by atoms with Crippen molar-refractivity contribution in [2.24, 2.45) is 0 Å². The van der Waals surface area contributed by atoms with Crippen molar-refractivity contribution in [1.29, 1.82) is 0 Å². The molecule has 0 atom stereocenters. The van der Waals surface area contributed by atoms with Crippen molar-refractivity contribution in [1.82, 2.24) is 4.90 Å². The van der Waals surface area contributed by atoms with Gasteiger partial charge in [0.25, 0.3) is 11.8 Å². The van der Waals surface area contributed by atoms with E-state index < -0.39 is 11.8 Å². The molecule has 1 N–H and O–H groups in total. The molecule has 3 aromatic rings. The van der Waals surface area contributed by atoms with Crippen LogP contribution in [0, 0.1) is 0 Å². The summed E-state index contributed by atoms with van der Waals surface area (Å²) in [4.78, 5) is 30.0. The molecule has 0 saturated heterocycles. The van der Waals surface area contributed by atoms with E-state index in [0.717, 1.165) is 11.3 Å². The molecule has 1 aliphatic heterocycles. The van der Waals surface area contributed by atoms with Crippen molar-refractivity contribution in [3.8, 4) is 0 Å². The molecule has 0 spiro atoms. The first-order valence-corrected chi connectivity index (χ1v) is 10.7. The lowest BCUT2D eigenvalue weighted by Gasteiger charge is -2.16. The Morgan fingerprint density at radius 1 is 0.875 bits per heavy atom. The van der Waals surface area contributed by atoms with Crippen molar-refractivity contribution >= 4 is 52.0 Å². The second-order valence-electron chi connectivity index (χ2n) is 7.62. The standard InChI is InChI=1S/C25H21Cl2N3O2/c1-29(2)19-11-9-18(10-12-19)28-23-22(20-13-8-17(26)14-21(20)27)24(31)30(25(23)32)15-16-6-4-3-5-7-16/h3-14,28H,15H2,1-2H3. The molecule has 0 aliphatic carbocycles. The highest BCUT2D eigenvalue weighted by atomic mass is 35.5. The van der Waals surface area contributed by atoms with Crippen molar-refractivity contribution in [3.05, 3.63) is 99.7 Å². The molecule has 1 heterocycles. The van der Waals surface area contributed by atoms with E-state index in [-0.39, 0.29) is 17.8 Å². The number of hydrogen-bond acceptors (Lipinski definition) is 4. The summed E-state index contributed by atoms with van der Waals surface area (Å²) in [5.74, 6) is -0.813. The number of nitrogens with one attached hydrogen (secondary N) is 1. The van der Waals surface area contributed by atoms with Gasteiger partial charge in [0.2, 0.25) is 0 Å². The molecule has 3 aromatic carbocycles. The van der Waals surface area contributed by atoms with Gasteiger partial charge >= 0.3 is 0 Å². The number of imide groups is 1. The quantitative estimate of drug-likeness (QED) is 0.491. The van der Waals surface area contributed by atoms with E-state index in [1.54, 1.807) is 18.2 Å². The number of carbonyl (C=O) groups is 2. The SMILES string of the molecule is CN(C)c1ccc(NC2=C(c3ccc(Cl)cc3Cl)C(=O)N(Cc3ccccc3)C2=O)cc1. The largest absolute Gasteiger partial charge is 0.378 e. The summed E-state index contributed by atoms with van der Waals surface area (Å²) in [6.07, 6.45) is 0. The third-order valence-electron chi connectivity index (χ3n) is 5.21. The highest BCUT2D eigenvalue weighted by Crippen LogP contribution is 2.36. The average molecular weight is 466 g/mol. The molecule has 0 bridgehead atoms. The molecular formula is C25H21Cl2N3O2. The lowest BCUT2D eigenvalue weighted by atomic mass is 10.0. The van der Waals surface area contributed by atoms with Crippen LogP contribution in [0.3, 0.4) is 0 Å².